The van der Waals surface area contributed by atoms with Crippen LogP contribution in [-0.2, 0) is 4.74 Å². The molecule has 5 rings (SSSR count). The summed E-state index contributed by atoms with van der Waals surface area (Å²) >= 11 is 0. The smallest absolute Gasteiger partial charge is 0.246 e. The summed E-state index contributed by atoms with van der Waals surface area (Å²) < 4.78 is 39.8. The number of benzene rings is 2. The molecule has 3 aromatic rings. The Morgan fingerprint density at radius 1 is 1.13 bits per heavy atom. The van der Waals surface area contributed by atoms with Crippen LogP contribution >= 0.6 is 0 Å². The maximum atomic E-state index is 13.5. The monoisotopic (exact) mass is 429 g/mol. The second-order valence-electron chi connectivity index (χ2n) is 8.01. The van der Waals surface area contributed by atoms with Gasteiger partial charge in [0, 0.05) is 32.3 Å². The molecule has 0 bridgehead atoms. The lowest BCUT2D eigenvalue weighted by Gasteiger charge is -2.34. The van der Waals surface area contributed by atoms with Crippen LogP contribution in [0.5, 0.6) is 5.75 Å². The van der Waals surface area contributed by atoms with Crippen molar-refractivity contribution in [3.8, 4) is 11.4 Å². The van der Waals surface area contributed by atoms with Gasteiger partial charge in [-0.05, 0) is 43.2 Å². The number of hydrogen-bond donors (Lipinski definition) is 1. The van der Waals surface area contributed by atoms with E-state index in [1.807, 2.05) is 25.1 Å². The number of anilines is 2. The van der Waals surface area contributed by atoms with Crippen LogP contribution in [0, 0.1) is 18.6 Å². The molecule has 2 aliphatic heterocycles. The highest BCUT2D eigenvalue weighted by molar-refractivity contribution is 5.57. The normalized spacial score (nSPS) is 19.4. The van der Waals surface area contributed by atoms with Crippen molar-refractivity contribution < 1.29 is 19.7 Å². The SMILES string of the molecule is Cc1cc(Nc2ncn(-c3cc(F)cc(F)c3)n2)cc(O[C@H]2CCN(C3COC3)C2)c1.[HH]. The lowest BCUT2D eigenvalue weighted by molar-refractivity contribution is -0.0592. The first kappa shape index (κ1) is 19.9. The third-order valence-electron chi connectivity index (χ3n) is 5.53. The number of rotatable bonds is 6. The lowest BCUT2D eigenvalue weighted by atomic mass is 10.2. The summed E-state index contributed by atoms with van der Waals surface area (Å²) in [6, 6.07) is 9.60. The summed E-state index contributed by atoms with van der Waals surface area (Å²) in [5.74, 6) is -0.240. The second kappa shape index (κ2) is 8.24. The molecule has 31 heavy (non-hydrogen) atoms. The average Bonchev–Trinajstić information content (AvgIpc) is 3.29. The topological polar surface area (TPSA) is 64.4 Å². The van der Waals surface area contributed by atoms with Crippen molar-refractivity contribution in [2.45, 2.75) is 25.5 Å². The zero-order valence-electron chi connectivity index (χ0n) is 17.1. The summed E-state index contributed by atoms with van der Waals surface area (Å²) in [6.45, 7) is 5.55. The van der Waals surface area contributed by atoms with Gasteiger partial charge in [-0.1, -0.05) is 0 Å². The minimum Gasteiger partial charge on any atom is -0.489 e. The Morgan fingerprint density at radius 3 is 2.68 bits per heavy atom. The number of aryl methyl sites for hydroxylation is 1. The molecule has 1 N–H and O–H groups in total. The molecule has 7 nitrogen and oxygen atoms in total. The molecule has 3 heterocycles. The standard InChI is InChI=1S/C22H23F2N5O2.H2/c1-14-4-17(9-21(5-14)31-20-2-3-28(10-20)19-11-30-12-19)26-22-25-13-29(27-22)18-7-15(23)6-16(24)8-18;/h4-9,13,19-20H,2-3,10-12H2,1H3,(H,26,27);1H/t20-;/m0./s1. The van der Waals surface area contributed by atoms with Gasteiger partial charge in [-0.3, -0.25) is 4.90 Å². The summed E-state index contributed by atoms with van der Waals surface area (Å²) in [7, 11) is 0. The van der Waals surface area contributed by atoms with Crippen molar-refractivity contribution in [2.24, 2.45) is 0 Å². The van der Waals surface area contributed by atoms with Crippen molar-refractivity contribution in [3.05, 3.63) is 59.9 Å². The number of likely N-dealkylation sites (tertiary alicyclic amines) is 1. The van der Waals surface area contributed by atoms with E-state index in [-0.39, 0.29) is 13.2 Å². The summed E-state index contributed by atoms with van der Waals surface area (Å²) in [5.41, 5.74) is 2.07. The highest BCUT2D eigenvalue weighted by Gasteiger charge is 2.33. The third kappa shape index (κ3) is 4.52. The van der Waals surface area contributed by atoms with Crippen molar-refractivity contribution in [2.75, 3.05) is 31.6 Å². The van der Waals surface area contributed by atoms with Gasteiger partial charge in [0.1, 0.15) is 29.8 Å². The largest absolute Gasteiger partial charge is 0.489 e. The first-order chi connectivity index (χ1) is 15.0. The molecule has 0 radical (unpaired) electrons. The van der Waals surface area contributed by atoms with E-state index in [1.165, 1.54) is 23.1 Å². The zero-order valence-corrected chi connectivity index (χ0v) is 17.1. The summed E-state index contributed by atoms with van der Waals surface area (Å²) in [4.78, 5) is 6.62. The molecule has 0 aliphatic carbocycles. The van der Waals surface area contributed by atoms with E-state index >= 15 is 0 Å². The Labute approximate surface area is 180 Å². The van der Waals surface area contributed by atoms with Gasteiger partial charge in [0.2, 0.25) is 5.95 Å². The quantitative estimate of drug-likeness (QED) is 0.645. The van der Waals surface area contributed by atoms with Crippen LogP contribution in [0.25, 0.3) is 5.69 Å². The van der Waals surface area contributed by atoms with Crippen molar-refractivity contribution in [3.63, 3.8) is 0 Å². The average molecular weight is 429 g/mol. The number of hydrogen-bond acceptors (Lipinski definition) is 6. The third-order valence-corrected chi connectivity index (χ3v) is 5.53. The van der Waals surface area contributed by atoms with Gasteiger partial charge < -0.3 is 14.8 Å². The molecular weight excluding hydrogens is 404 g/mol. The first-order valence-electron chi connectivity index (χ1n) is 10.3. The van der Waals surface area contributed by atoms with E-state index in [0.717, 1.165) is 55.8 Å². The molecule has 164 valence electrons. The maximum Gasteiger partial charge on any atom is 0.246 e. The van der Waals surface area contributed by atoms with Gasteiger partial charge >= 0.3 is 0 Å². The fourth-order valence-corrected chi connectivity index (χ4v) is 3.94. The van der Waals surface area contributed by atoms with Gasteiger partial charge in [0.05, 0.1) is 24.9 Å². The lowest BCUT2D eigenvalue weighted by Crippen LogP contribution is -2.48. The molecule has 2 saturated heterocycles. The molecule has 2 fully saturated rings. The van der Waals surface area contributed by atoms with E-state index in [0.29, 0.717) is 12.0 Å². The minimum absolute atomic E-state index is 0. The highest BCUT2D eigenvalue weighted by Crippen LogP contribution is 2.27. The maximum absolute atomic E-state index is 13.5. The highest BCUT2D eigenvalue weighted by atomic mass is 19.1. The second-order valence-corrected chi connectivity index (χ2v) is 8.01. The Bertz CT molecular complexity index is 1070. The molecule has 0 saturated carbocycles. The van der Waals surface area contributed by atoms with E-state index in [1.54, 1.807) is 0 Å². The minimum atomic E-state index is -0.671. The number of nitrogens with zero attached hydrogens (tertiary/aromatic N) is 4. The van der Waals surface area contributed by atoms with Gasteiger partial charge in [-0.25, -0.2) is 13.5 Å². The molecule has 1 aromatic heterocycles. The van der Waals surface area contributed by atoms with E-state index in [2.05, 4.69) is 20.3 Å². The Hall–Kier alpha value is -3.04. The number of nitrogens with one attached hydrogen (secondary N) is 1. The van der Waals surface area contributed by atoms with Crippen LogP contribution < -0.4 is 10.1 Å². The predicted octanol–water partition coefficient (Wildman–Crippen LogP) is 3.70. The van der Waals surface area contributed by atoms with Gasteiger partial charge in [0.25, 0.3) is 0 Å². The van der Waals surface area contributed by atoms with Crippen LogP contribution in [0.1, 0.15) is 13.4 Å². The fraction of sp³-hybridized carbons (Fsp3) is 0.364. The van der Waals surface area contributed by atoms with Crippen LogP contribution in [0.15, 0.2) is 42.7 Å². The molecular formula is C22H25F2N5O2. The first-order valence-corrected chi connectivity index (χ1v) is 10.3. The molecule has 1 atom stereocenters. The van der Waals surface area contributed by atoms with Crippen LogP contribution in [-0.4, -0.2) is 58.1 Å². The van der Waals surface area contributed by atoms with Gasteiger partial charge in [0.15, 0.2) is 0 Å². The molecule has 2 aliphatic rings. The predicted molar refractivity (Wildman–Crippen MR) is 113 cm³/mol. The Kier molecular flexibility index (Phi) is 5.29. The Morgan fingerprint density at radius 2 is 1.94 bits per heavy atom. The van der Waals surface area contributed by atoms with Crippen LogP contribution in [0.4, 0.5) is 20.4 Å². The molecule has 2 aromatic carbocycles. The molecule has 0 amide bonds. The molecule has 0 unspecified atom stereocenters. The van der Waals surface area contributed by atoms with Crippen LogP contribution in [0.3, 0.4) is 0 Å². The van der Waals surface area contributed by atoms with Gasteiger partial charge in [-0.15, -0.1) is 5.10 Å². The van der Waals surface area contributed by atoms with E-state index in [4.69, 9.17) is 9.47 Å². The summed E-state index contributed by atoms with van der Waals surface area (Å²) in [6.07, 6.45) is 2.54. The molecule has 0 spiro atoms. The fourth-order valence-electron chi connectivity index (χ4n) is 3.94. The van der Waals surface area contributed by atoms with Crippen molar-refractivity contribution in [1.29, 1.82) is 0 Å². The number of aromatic nitrogens is 3. The summed E-state index contributed by atoms with van der Waals surface area (Å²) in [5, 5.41) is 7.40. The van der Waals surface area contributed by atoms with Gasteiger partial charge in [-0.2, -0.15) is 4.98 Å². The number of ether oxygens (including phenoxy) is 2. The van der Waals surface area contributed by atoms with Crippen molar-refractivity contribution >= 4 is 11.6 Å². The van der Waals surface area contributed by atoms with E-state index < -0.39 is 11.6 Å². The number of halogens is 2. The Balaban J connectivity index is 0.00000245. The van der Waals surface area contributed by atoms with E-state index in [9.17, 15) is 8.78 Å². The zero-order chi connectivity index (χ0) is 21.4. The van der Waals surface area contributed by atoms with Crippen molar-refractivity contribution in [1.82, 2.24) is 19.7 Å². The van der Waals surface area contributed by atoms with Crippen LogP contribution in [0.2, 0.25) is 0 Å². The molecule has 9 heteroatoms.